The van der Waals surface area contributed by atoms with Gasteiger partial charge in [0.05, 0.1) is 16.2 Å². The predicted octanol–water partition coefficient (Wildman–Crippen LogP) is 3.45. The number of carbonyl (C=O) groups is 1. The summed E-state index contributed by atoms with van der Waals surface area (Å²) >= 11 is 0. The monoisotopic (exact) mass is 311 g/mol. The first-order valence-corrected chi connectivity index (χ1v) is 7.51. The van der Waals surface area contributed by atoms with E-state index in [4.69, 9.17) is 0 Å². The normalized spacial score (nSPS) is 16.8. The molecule has 6 heteroatoms. The van der Waals surface area contributed by atoms with Gasteiger partial charge in [0.15, 0.2) is 0 Å². The van der Waals surface area contributed by atoms with Crippen LogP contribution >= 0.6 is 0 Å². The van der Waals surface area contributed by atoms with Gasteiger partial charge in [-0.25, -0.2) is 0 Å². The van der Waals surface area contributed by atoms with Crippen LogP contribution in [0.15, 0.2) is 36.5 Å². The third-order valence-electron chi connectivity index (χ3n) is 4.30. The van der Waals surface area contributed by atoms with Crippen LogP contribution in [0, 0.1) is 17.0 Å². The summed E-state index contributed by atoms with van der Waals surface area (Å²) in [6, 6.07) is 9.12. The summed E-state index contributed by atoms with van der Waals surface area (Å²) in [5.74, 6) is 0.151. The highest BCUT2D eigenvalue weighted by Crippen LogP contribution is 2.35. The SMILES string of the molecule is Cc1ncc([N+](=O)[O-])cc1C(=O)N1CCC(C)c2ccccc21. The second-order valence-corrected chi connectivity index (χ2v) is 5.79. The van der Waals surface area contributed by atoms with E-state index >= 15 is 0 Å². The third kappa shape index (κ3) is 2.67. The van der Waals surface area contributed by atoms with E-state index in [1.807, 2.05) is 24.3 Å². The van der Waals surface area contributed by atoms with Crippen LogP contribution in [0.25, 0.3) is 0 Å². The zero-order valence-corrected chi connectivity index (χ0v) is 13.0. The number of hydrogen-bond donors (Lipinski definition) is 0. The fourth-order valence-corrected chi connectivity index (χ4v) is 2.94. The molecule has 0 N–H and O–H groups in total. The number of nitro groups is 1. The summed E-state index contributed by atoms with van der Waals surface area (Å²) in [5, 5.41) is 10.9. The fraction of sp³-hybridized carbons (Fsp3) is 0.294. The van der Waals surface area contributed by atoms with Gasteiger partial charge in [-0.2, -0.15) is 0 Å². The van der Waals surface area contributed by atoms with Gasteiger partial charge in [0, 0.05) is 18.3 Å². The van der Waals surface area contributed by atoms with Gasteiger partial charge >= 0.3 is 0 Å². The van der Waals surface area contributed by atoms with Crippen molar-refractivity contribution < 1.29 is 9.72 Å². The number of pyridine rings is 1. The van der Waals surface area contributed by atoms with Crippen LogP contribution in [0.3, 0.4) is 0 Å². The highest BCUT2D eigenvalue weighted by molar-refractivity contribution is 6.07. The van der Waals surface area contributed by atoms with Crippen molar-refractivity contribution >= 4 is 17.3 Å². The zero-order valence-electron chi connectivity index (χ0n) is 13.0. The molecule has 2 aromatic rings. The van der Waals surface area contributed by atoms with E-state index in [-0.39, 0.29) is 17.2 Å². The average molecular weight is 311 g/mol. The molecule has 6 nitrogen and oxygen atoms in total. The number of fused-ring (bicyclic) bond motifs is 1. The lowest BCUT2D eigenvalue weighted by Gasteiger charge is -2.33. The Morgan fingerprint density at radius 2 is 2.13 bits per heavy atom. The maximum absolute atomic E-state index is 12.9. The largest absolute Gasteiger partial charge is 0.308 e. The summed E-state index contributed by atoms with van der Waals surface area (Å²) in [6.45, 7) is 4.43. The first-order chi connectivity index (χ1) is 11.0. The maximum atomic E-state index is 12.9. The van der Waals surface area contributed by atoms with Crippen molar-refractivity contribution in [2.45, 2.75) is 26.2 Å². The Hall–Kier alpha value is -2.76. The van der Waals surface area contributed by atoms with Crippen molar-refractivity contribution in [2.75, 3.05) is 11.4 Å². The first-order valence-electron chi connectivity index (χ1n) is 7.51. The second-order valence-electron chi connectivity index (χ2n) is 5.79. The molecule has 0 radical (unpaired) electrons. The second kappa shape index (κ2) is 5.79. The molecule has 1 aromatic heterocycles. The van der Waals surface area contributed by atoms with Crippen molar-refractivity contribution in [3.05, 3.63) is 63.5 Å². The minimum atomic E-state index is -0.532. The van der Waals surface area contributed by atoms with Crippen LogP contribution in [0.4, 0.5) is 11.4 Å². The molecule has 1 unspecified atom stereocenters. The molecule has 3 rings (SSSR count). The van der Waals surface area contributed by atoms with Crippen LogP contribution in [0.2, 0.25) is 0 Å². The summed E-state index contributed by atoms with van der Waals surface area (Å²) in [4.78, 5) is 29.0. The summed E-state index contributed by atoms with van der Waals surface area (Å²) in [5.41, 5.74) is 2.61. The van der Waals surface area contributed by atoms with Gasteiger partial charge in [-0.05, 0) is 30.9 Å². The molecule has 0 saturated heterocycles. The van der Waals surface area contributed by atoms with E-state index in [1.54, 1.807) is 11.8 Å². The fourth-order valence-electron chi connectivity index (χ4n) is 2.94. The molecule has 1 aromatic carbocycles. The number of benzene rings is 1. The van der Waals surface area contributed by atoms with Gasteiger partial charge < -0.3 is 4.90 Å². The first kappa shape index (κ1) is 15.1. The van der Waals surface area contributed by atoms with E-state index in [0.717, 1.165) is 17.7 Å². The molecule has 118 valence electrons. The maximum Gasteiger partial charge on any atom is 0.288 e. The number of amides is 1. The van der Waals surface area contributed by atoms with Gasteiger partial charge in [-0.1, -0.05) is 25.1 Å². The zero-order chi connectivity index (χ0) is 16.6. The van der Waals surface area contributed by atoms with E-state index in [1.165, 1.54) is 12.3 Å². The van der Waals surface area contributed by atoms with Gasteiger partial charge in [0.2, 0.25) is 0 Å². The Morgan fingerprint density at radius 1 is 1.39 bits per heavy atom. The molecule has 1 aliphatic heterocycles. The van der Waals surface area contributed by atoms with Gasteiger partial charge in [-0.15, -0.1) is 0 Å². The summed E-state index contributed by atoms with van der Waals surface area (Å²) < 4.78 is 0. The number of carbonyl (C=O) groups excluding carboxylic acids is 1. The minimum Gasteiger partial charge on any atom is -0.308 e. The lowest BCUT2D eigenvalue weighted by molar-refractivity contribution is -0.385. The molecule has 0 aliphatic carbocycles. The van der Waals surface area contributed by atoms with Crippen molar-refractivity contribution in [3.8, 4) is 0 Å². The van der Waals surface area contributed by atoms with Crippen LogP contribution in [-0.2, 0) is 0 Å². The highest BCUT2D eigenvalue weighted by Gasteiger charge is 2.28. The Morgan fingerprint density at radius 3 is 2.87 bits per heavy atom. The van der Waals surface area contributed by atoms with Crippen LogP contribution in [0.5, 0.6) is 0 Å². The Bertz CT molecular complexity index is 788. The molecule has 0 bridgehead atoms. The molecule has 1 aliphatic rings. The summed E-state index contributed by atoms with van der Waals surface area (Å²) in [7, 11) is 0. The highest BCUT2D eigenvalue weighted by atomic mass is 16.6. The number of aromatic nitrogens is 1. The van der Waals surface area contributed by atoms with Crippen LogP contribution in [-0.4, -0.2) is 22.4 Å². The molecular weight excluding hydrogens is 294 g/mol. The number of para-hydroxylation sites is 1. The van der Waals surface area contributed by atoms with Crippen molar-refractivity contribution in [2.24, 2.45) is 0 Å². The minimum absolute atomic E-state index is 0.169. The molecule has 0 spiro atoms. The Labute approximate surface area is 133 Å². The van der Waals surface area contributed by atoms with E-state index < -0.39 is 4.92 Å². The van der Waals surface area contributed by atoms with Crippen molar-refractivity contribution in [1.82, 2.24) is 4.98 Å². The quantitative estimate of drug-likeness (QED) is 0.628. The smallest absolute Gasteiger partial charge is 0.288 e. The molecule has 1 atom stereocenters. The number of hydrogen-bond acceptors (Lipinski definition) is 4. The molecule has 2 heterocycles. The average Bonchev–Trinajstić information content (AvgIpc) is 2.55. The molecular formula is C17H17N3O3. The number of anilines is 1. The van der Waals surface area contributed by atoms with Crippen molar-refractivity contribution in [1.29, 1.82) is 0 Å². The molecule has 1 amide bonds. The van der Waals surface area contributed by atoms with Crippen LogP contribution in [0.1, 0.15) is 40.9 Å². The predicted molar refractivity (Wildman–Crippen MR) is 86.8 cm³/mol. The summed E-state index contributed by atoms with van der Waals surface area (Å²) in [6.07, 6.45) is 2.04. The van der Waals surface area contributed by atoms with E-state index in [2.05, 4.69) is 11.9 Å². The Balaban J connectivity index is 2.03. The topological polar surface area (TPSA) is 76.3 Å². The molecule has 23 heavy (non-hydrogen) atoms. The lowest BCUT2D eigenvalue weighted by Crippen LogP contribution is -2.36. The van der Waals surface area contributed by atoms with Gasteiger partial charge in [0.1, 0.15) is 6.20 Å². The molecule has 0 saturated carbocycles. The van der Waals surface area contributed by atoms with Crippen molar-refractivity contribution in [3.63, 3.8) is 0 Å². The number of rotatable bonds is 2. The Kier molecular flexibility index (Phi) is 3.82. The third-order valence-corrected chi connectivity index (χ3v) is 4.30. The van der Waals surface area contributed by atoms with Gasteiger partial charge in [-0.3, -0.25) is 19.9 Å². The van der Waals surface area contributed by atoms with Crippen LogP contribution < -0.4 is 4.90 Å². The molecule has 0 fully saturated rings. The van der Waals surface area contributed by atoms with Gasteiger partial charge in [0.25, 0.3) is 11.6 Å². The van der Waals surface area contributed by atoms with E-state index in [0.29, 0.717) is 18.2 Å². The van der Waals surface area contributed by atoms with E-state index in [9.17, 15) is 14.9 Å². The number of aryl methyl sites for hydroxylation is 1. The standard InChI is InChI=1S/C17H17N3O3/c1-11-7-8-19(16-6-4-3-5-14(11)16)17(21)15-9-13(20(22)23)10-18-12(15)2/h3-6,9-11H,7-8H2,1-2H3. The number of nitrogens with zero attached hydrogens (tertiary/aromatic N) is 3. The lowest BCUT2D eigenvalue weighted by atomic mass is 9.91.